The Kier molecular flexibility index (Phi) is 2.78. The third-order valence-electron chi connectivity index (χ3n) is 3.26. The van der Waals surface area contributed by atoms with Crippen LogP contribution in [0.1, 0.15) is 19.4 Å². The second-order valence-corrected chi connectivity index (χ2v) is 5.25. The molecule has 3 rings (SSSR count). The third-order valence-corrected chi connectivity index (χ3v) is 3.26. The maximum absolute atomic E-state index is 4.25. The molecule has 0 aliphatic carbocycles. The molecule has 1 N–H and O–H groups in total. The maximum atomic E-state index is 4.25. The van der Waals surface area contributed by atoms with E-state index >= 15 is 0 Å². The molecule has 2 aromatic rings. The van der Waals surface area contributed by atoms with E-state index in [0.29, 0.717) is 5.92 Å². The SMILES string of the molecule is CC(C)Cn1cnnc1-c1ccc2c(c1)NCC2. The van der Waals surface area contributed by atoms with Gasteiger partial charge in [-0.2, -0.15) is 0 Å². The molecule has 0 amide bonds. The molecule has 0 bridgehead atoms. The highest BCUT2D eigenvalue weighted by atomic mass is 15.3. The standard InChI is InChI=1S/C14H18N4/c1-10(2)8-18-9-16-17-14(18)12-4-3-11-5-6-15-13(11)7-12/h3-4,7,9-10,15H,5-6,8H2,1-2H3. The van der Waals surface area contributed by atoms with E-state index in [1.165, 1.54) is 11.3 Å². The zero-order valence-electron chi connectivity index (χ0n) is 10.8. The van der Waals surface area contributed by atoms with E-state index in [0.717, 1.165) is 30.9 Å². The number of benzene rings is 1. The van der Waals surface area contributed by atoms with Gasteiger partial charge in [0, 0.05) is 24.3 Å². The van der Waals surface area contributed by atoms with Gasteiger partial charge < -0.3 is 9.88 Å². The Labute approximate surface area is 107 Å². The molecule has 4 nitrogen and oxygen atoms in total. The van der Waals surface area contributed by atoms with Crippen LogP contribution in [0.2, 0.25) is 0 Å². The second-order valence-electron chi connectivity index (χ2n) is 5.25. The molecule has 0 saturated heterocycles. The minimum absolute atomic E-state index is 0.590. The molecule has 0 atom stereocenters. The Morgan fingerprint density at radius 2 is 2.28 bits per heavy atom. The minimum atomic E-state index is 0.590. The van der Waals surface area contributed by atoms with Crippen LogP contribution in [0.25, 0.3) is 11.4 Å². The Balaban J connectivity index is 1.97. The predicted molar refractivity (Wildman–Crippen MR) is 72.5 cm³/mol. The van der Waals surface area contributed by atoms with Crippen LogP contribution in [-0.4, -0.2) is 21.3 Å². The van der Waals surface area contributed by atoms with Gasteiger partial charge in [-0.15, -0.1) is 10.2 Å². The Morgan fingerprint density at radius 1 is 1.39 bits per heavy atom. The third kappa shape index (κ3) is 1.98. The normalized spacial score (nSPS) is 13.7. The monoisotopic (exact) mass is 242 g/mol. The molecule has 18 heavy (non-hydrogen) atoms. The Hall–Kier alpha value is -1.84. The molecule has 94 valence electrons. The summed E-state index contributed by atoms with van der Waals surface area (Å²) in [4.78, 5) is 0. The van der Waals surface area contributed by atoms with Crippen molar-refractivity contribution in [3.8, 4) is 11.4 Å². The molecule has 1 aromatic heterocycles. The van der Waals surface area contributed by atoms with Crippen LogP contribution in [-0.2, 0) is 13.0 Å². The number of fused-ring (bicyclic) bond motifs is 1. The van der Waals surface area contributed by atoms with Crippen LogP contribution in [0.3, 0.4) is 0 Å². The molecule has 4 heteroatoms. The van der Waals surface area contributed by atoms with E-state index in [1.54, 1.807) is 0 Å². The lowest BCUT2D eigenvalue weighted by atomic mass is 10.1. The molecule has 1 aliphatic rings. The van der Waals surface area contributed by atoms with E-state index in [-0.39, 0.29) is 0 Å². The second kappa shape index (κ2) is 4.44. The number of aromatic nitrogens is 3. The fraction of sp³-hybridized carbons (Fsp3) is 0.429. The van der Waals surface area contributed by atoms with E-state index in [1.807, 2.05) is 6.33 Å². The summed E-state index contributed by atoms with van der Waals surface area (Å²) in [6.45, 7) is 6.40. The molecule has 0 unspecified atom stereocenters. The van der Waals surface area contributed by atoms with Gasteiger partial charge in [0.15, 0.2) is 5.82 Å². The molecule has 2 heterocycles. The van der Waals surface area contributed by atoms with Crippen molar-refractivity contribution in [2.45, 2.75) is 26.8 Å². The largest absolute Gasteiger partial charge is 0.384 e. The molecule has 0 spiro atoms. The van der Waals surface area contributed by atoms with Crippen LogP contribution in [0, 0.1) is 5.92 Å². The topological polar surface area (TPSA) is 42.7 Å². The van der Waals surface area contributed by atoms with Gasteiger partial charge in [-0.3, -0.25) is 0 Å². The van der Waals surface area contributed by atoms with E-state index in [2.05, 4.69) is 52.1 Å². The average Bonchev–Trinajstić information content (AvgIpc) is 2.95. The van der Waals surface area contributed by atoms with Crippen molar-refractivity contribution in [2.75, 3.05) is 11.9 Å². The van der Waals surface area contributed by atoms with Gasteiger partial charge in [-0.05, 0) is 24.0 Å². The lowest BCUT2D eigenvalue weighted by Gasteiger charge is -2.10. The summed E-state index contributed by atoms with van der Waals surface area (Å²) in [7, 11) is 0. The summed E-state index contributed by atoms with van der Waals surface area (Å²) >= 11 is 0. The van der Waals surface area contributed by atoms with Gasteiger partial charge in [0.1, 0.15) is 6.33 Å². The first-order chi connectivity index (χ1) is 8.74. The number of hydrogen-bond donors (Lipinski definition) is 1. The summed E-state index contributed by atoms with van der Waals surface area (Å²) in [5.74, 6) is 1.55. The summed E-state index contributed by atoms with van der Waals surface area (Å²) in [5, 5.41) is 11.7. The lowest BCUT2D eigenvalue weighted by molar-refractivity contribution is 0.525. The lowest BCUT2D eigenvalue weighted by Crippen LogP contribution is -2.05. The van der Waals surface area contributed by atoms with Gasteiger partial charge in [-0.25, -0.2) is 0 Å². The fourth-order valence-corrected chi connectivity index (χ4v) is 2.44. The van der Waals surface area contributed by atoms with Crippen molar-refractivity contribution in [2.24, 2.45) is 5.92 Å². The highest BCUT2D eigenvalue weighted by molar-refractivity contribution is 5.67. The smallest absolute Gasteiger partial charge is 0.163 e. The van der Waals surface area contributed by atoms with Crippen molar-refractivity contribution < 1.29 is 0 Å². The van der Waals surface area contributed by atoms with E-state index < -0.39 is 0 Å². The zero-order chi connectivity index (χ0) is 12.5. The quantitative estimate of drug-likeness (QED) is 0.899. The summed E-state index contributed by atoms with van der Waals surface area (Å²) < 4.78 is 2.13. The van der Waals surface area contributed by atoms with Crippen LogP contribution < -0.4 is 5.32 Å². The van der Waals surface area contributed by atoms with E-state index in [9.17, 15) is 0 Å². The van der Waals surface area contributed by atoms with Crippen molar-refractivity contribution in [1.29, 1.82) is 0 Å². The van der Waals surface area contributed by atoms with Crippen LogP contribution in [0.15, 0.2) is 24.5 Å². The molecule has 0 radical (unpaired) electrons. The molecule has 1 aliphatic heterocycles. The van der Waals surface area contributed by atoms with Crippen LogP contribution >= 0.6 is 0 Å². The fourth-order valence-electron chi connectivity index (χ4n) is 2.44. The van der Waals surface area contributed by atoms with Gasteiger partial charge in [0.05, 0.1) is 0 Å². The van der Waals surface area contributed by atoms with Gasteiger partial charge >= 0.3 is 0 Å². The molecular formula is C14H18N4. The number of nitrogens with zero attached hydrogens (tertiary/aromatic N) is 3. The Morgan fingerprint density at radius 3 is 3.11 bits per heavy atom. The number of rotatable bonds is 3. The molecular weight excluding hydrogens is 224 g/mol. The van der Waals surface area contributed by atoms with Crippen molar-refractivity contribution in [3.05, 3.63) is 30.1 Å². The maximum Gasteiger partial charge on any atom is 0.163 e. The zero-order valence-corrected chi connectivity index (χ0v) is 10.8. The minimum Gasteiger partial charge on any atom is -0.384 e. The summed E-state index contributed by atoms with van der Waals surface area (Å²) in [6.07, 6.45) is 2.93. The first-order valence-corrected chi connectivity index (χ1v) is 6.49. The average molecular weight is 242 g/mol. The molecule has 0 saturated carbocycles. The van der Waals surface area contributed by atoms with Crippen molar-refractivity contribution >= 4 is 5.69 Å². The molecule has 0 fully saturated rings. The Bertz CT molecular complexity index is 557. The highest BCUT2D eigenvalue weighted by Crippen LogP contribution is 2.28. The van der Waals surface area contributed by atoms with Crippen molar-refractivity contribution in [3.63, 3.8) is 0 Å². The predicted octanol–water partition coefficient (Wildman–Crippen LogP) is 2.57. The van der Waals surface area contributed by atoms with Gasteiger partial charge in [0.2, 0.25) is 0 Å². The first kappa shape index (κ1) is 11.3. The highest BCUT2D eigenvalue weighted by Gasteiger charge is 2.14. The number of anilines is 1. The van der Waals surface area contributed by atoms with Crippen LogP contribution in [0.4, 0.5) is 5.69 Å². The summed E-state index contributed by atoms with van der Waals surface area (Å²) in [5.41, 5.74) is 3.78. The number of hydrogen-bond acceptors (Lipinski definition) is 3. The van der Waals surface area contributed by atoms with Gasteiger partial charge in [-0.1, -0.05) is 26.0 Å². The molecule has 1 aromatic carbocycles. The van der Waals surface area contributed by atoms with Gasteiger partial charge in [0.25, 0.3) is 0 Å². The van der Waals surface area contributed by atoms with E-state index in [4.69, 9.17) is 0 Å². The summed E-state index contributed by atoms with van der Waals surface area (Å²) in [6, 6.07) is 6.52. The van der Waals surface area contributed by atoms with Crippen molar-refractivity contribution in [1.82, 2.24) is 14.8 Å². The van der Waals surface area contributed by atoms with Crippen LogP contribution in [0.5, 0.6) is 0 Å². The first-order valence-electron chi connectivity index (χ1n) is 6.49. The number of nitrogens with one attached hydrogen (secondary N) is 1.